The van der Waals surface area contributed by atoms with E-state index in [9.17, 15) is 14.4 Å². The molecule has 1 atom stereocenters. The van der Waals surface area contributed by atoms with Crippen LogP contribution in [0.25, 0.3) is 10.2 Å². The number of amides is 4. The zero-order valence-electron chi connectivity index (χ0n) is 16.2. The predicted molar refractivity (Wildman–Crippen MR) is 109 cm³/mol. The molecule has 0 radical (unpaired) electrons. The number of likely N-dealkylation sites (tertiary alicyclic amines) is 1. The number of thiazole rings is 1. The van der Waals surface area contributed by atoms with Crippen LogP contribution in [-0.4, -0.2) is 51.3 Å². The maximum absolute atomic E-state index is 13.2. The maximum atomic E-state index is 13.2. The molecule has 152 valence electrons. The fourth-order valence-corrected chi connectivity index (χ4v) is 6.00. The van der Waals surface area contributed by atoms with Crippen LogP contribution < -0.4 is 5.32 Å². The molecule has 1 unspecified atom stereocenters. The van der Waals surface area contributed by atoms with Crippen molar-refractivity contribution in [2.24, 2.45) is 0 Å². The Morgan fingerprint density at radius 3 is 2.76 bits per heavy atom. The quantitative estimate of drug-likeness (QED) is 0.785. The standard InChI is InChI=1S/C21H24N4O3S/c26-17(13-25-19(27)21(23-20(25)28)10-4-5-11-21)24-12-6-3-8-15(24)18-22-14-7-1-2-9-16(14)29-18/h1-2,7,9,15H,3-6,8,10-13H2,(H,23,28). The highest BCUT2D eigenvalue weighted by Gasteiger charge is 2.53. The van der Waals surface area contributed by atoms with Gasteiger partial charge in [0.15, 0.2) is 0 Å². The van der Waals surface area contributed by atoms with Gasteiger partial charge in [-0.15, -0.1) is 11.3 Å². The van der Waals surface area contributed by atoms with Crippen LogP contribution >= 0.6 is 11.3 Å². The molecule has 1 aromatic heterocycles. The van der Waals surface area contributed by atoms with E-state index in [0.717, 1.165) is 52.2 Å². The molecule has 2 aliphatic heterocycles. The van der Waals surface area contributed by atoms with E-state index in [1.807, 2.05) is 29.2 Å². The molecule has 7 nitrogen and oxygen atoms in total. The van der Waals surface area contributed by atoms with E-state index in [1.165, 1.54) is 0 Å². The summed E-state index contributed by atoms with van der Waals surface area (Å²) in [5.41, 5.74) is 0.175. The van der Waals surface area contributed by atoms with E-state index >= 15 is 0 Å². The van der Waals surface area contributed by atoms with Gasteiger partial charge in [-0.1, -0.05) is 25.0 Å². The number of piperidine rings is 1. The lowest BCUT2D eigenvalue weighted by Gasteiger charge is -2.35. The van der Waals surface area contributed by atoms with Crippen molar-refractivity contribution in [2.45, 2.75) is 56.5 Å². The number of hydrogen-bond acceptors (Lipinski definition) is 5. The van der Waals surface area contributed by atoms with Gasteiger partial charge < -0.3 is 10.2 Å². The van der Waals surface area contributed by atoms with E-state index in [4.69, 9.17) is 4.98 Å². The van der Waals surface area contributed by atoms with Gasteiger partial charge in [0, 0.05) is 6.54 Å². The number of aromatic nitrogens is 1. The molecule has 1 N–H and O–H groups in total. The molecule has 3 fully saturated rings. The number of nitrogens with one attached hydrogen (secondary N) is 1. The largest absolute Gasteiger partial charge is 0.332 e. The highest BCUT2D eigenvalue weighted by molar-refractivity contribution is 7.18. The van der Waals surface area contributed by atoms with E-state index < -0.39 is 11.6 Å². The van der Waals surface area contributed by atoms with Gasteiger partial charge in [0.1, 0.15) is 17.1 Å². The zero-order chi connectivity index (χ0) is 20.0. The van der Waals surface area contributed by atoms with Gasteiger partial charge in [0.05, 0.1) is 16.3 Å². The predicted octanol–water partition coefficient (Wildman–Crippen LogP) is 3.21. The van der Waals surface area contributed by atoms with Crippen LogP contribution in [0.1, 0.15) is 56.0 Å². The average Bonchev–Trinajstić information content (AvgIpc) is 3.43. The molecular formula is C21H24N4O3S. The van der Waals surface area contributed by atoms with Crippen LogP contribution in [0.15, 0.2) is 24.3 Å². The molecule has 29 heavy (non-hydrogen) atoms. The fourth-order valence-electron chi connectivity index (χ4n) is 4.88. The Bertz CT molecular complexity index is 948. The second-order valence-electron chi connectivity index (χ2n) is 8.23. The second kappa shape index (κ2) is 7.09. The van der Waals surface area contributed by atoms with Crippen LogP contribution in [0.4, 0.5) is 4.79 Å². The zero-order valence-corrected chi connectivity index (χ0v) is 17.0. The van der Waals surface area contributed by atoms with Crippen LogP contribution in [0.2, 0.25) is 0 Å². The normalized spacial score (nSPS) is 23.9. The Balaban J connectivity index is 1.36. The lowest BCUT2D eigenvalue weighted by atomic mass is 9.98. The minimum atomic E-state index is -0.772. The first kappa shape index (κ1) is 18.5. The van der Waals surface area contributed by atoms with Crippen molar-refractivity contribution in [1.82, 2.24) is 20.1 Å². The number of carbonyl (C=O) groups excluding carboxylic acids is 3. The molecule has 2 aromatic rings. The first-order valence-corrected chi connectivity index (χ1v) is 11.2. The van der Waals surface area contributed by atoms with E-state index in [2.05, 4.69) is 5.32 Å². The summed E-state index contributed by atoms with van der Waals surface area (Å²) in [6.45, 7) is 0.446. The van der Waals surface area contributed by atoms with E-state index in [1.54, 1.807) is 11.3 Å². The number of rotatable bonds is 3. The molecule has 1 aliphatic carbocycles. The first-order valence-electron chi connectivity index (χ1n) is 10.4. The molecule has 3 heterocycles. The van der Waals surface area contributed by atoms with Crippen molar-refractivity contribution in [2.75, 3.05) is 13.1 Å². The van der Waals surface area contributed by atoms with Crippen molar-refractivity contribution < 1.29 is 14.4 Å². The van der Waals surface area contributed by atoms with Crippen molar-refractivity contribution >= 4 is 39.4 Å². The fraction of sp³-hybridized carbons (Fsp3) is 0.524. The molecule has 1 spiro atoms. The third-order valence-corrected chi connectivity index (χ3v) is 7.55. The van der Waals surface area contributed by atoms with Crippen LogP contribution in [0.3, 0.4) is 0 Å². The number of nitrogens with zero attached hydrogens (tertiary/aromatic N) is 3. The molecule has 8 heteroatoms. The number of fused-ring (bicyclic) bond motifs is 1. The van der Waals surface area contributed by atoms with Gasteiger partial charge in [-0.3, -0.25) is 14.5 Å². The highest BCUT2D eigenvalue weighted by atomic mass is 32.1. The molecule has 5 rings (SSSR count). The number of hydrogen-bond donors (Lipinski definition) is 1. The Hall–Kier alpha value is -2.48. The third kappa shape index (κ3) is 3.10. The summed E-state index contributed by atoms with van der Waals surface area (Å²) in [5.74, 6) is -0.408. The van der Waals surface area contributed by atoms with Crippen molar-refractivity contribution in [1.29, 1.82) is 0 Å². The summed E-state index contributed by atoms with van der Waals surface area (Å²) in [6, 6.07) is 7.46. The van der Waals surface area contributed by atoms with Gasteiger partial charge in [0.25, 0.3) is 5.91 Å². The number of para-hydroxylation sites is 1. The van der Waals surface area contributed by atoms with Gasteiger partial charge in [0.2, 0.25) is 5.91 Å². The van der Waals surface area contributed by atoms with Crippen molar-refractivity contribution in [3.05, 3.63) is 29.3 Å². The van der Waals surface area contributed by atoms with E-state index in [-0.39, 0.29) is 24.4 Å². The summed E-state index contributed by atoms with van der Waals surface area (Å²) in [6.07, 6.45) is 6.02. The molecule has 2 saturated heterocycles. The number of carbonyl (C=O) groups is 3. The summed E-state index contributed by atoms with van der Waals surface area (Å²) in [7, 11) is 0. The molecule has 3 aliphatic rings. The number of urea groups is 1. The highest BCUT2D eigenvalue weighted by Crippen LogP contribution is 2.37. The Morgan fingerprint density at radius 1 is 1.17 bits per heavy atom. The molecule has 1 saturated carbocycles. The van der Waals surface area contributed by atoms with Crippen molar-refractivity contribution in [3.8, 4) is 0 Å². The second-order valence-corrected chi connectivity index (χ2v) is 9.29. The van der Waals surface area contributed by atoms with E-state index in [0.29, 0.717) is 19.4 Å². The summed E-state index contributed by atoms with van der Waals surface area (Å²) in [4.78, 5) is 46.2. The number of imide groups is 1. The Kier molecular flexibility index (Phi) is 4.53. The molecular weight excluding hydrogens is 388 g/mol. The molecule has 4 amide bonds. The van der Waals surface area contributed by atoms with Crippen LogP contribution in [-0.2, 0) is 9.59 Å². The first-order chi connectivity index (χ1) is 14.1. The molecule has 1 aromatic carbocycles. The summed E-state index contributed by atoms with van der Waals surface area (Å²) >= 11 is 1.62. The van der Waals surface area contributed by atoms with Crippen molar-refractivity contribution in [3.63, 3.8) is 0 Å². The van der Waals surface area contributed by atoms with Crippen LogP contribution in [0.5, 0.6) is 0 Å². The summed E-state index contributed by atoms with van der Waals surface area (Å²) in [5, 5.41) is 3.79. The maximum Gasteiger partial charge on any atom is 0.325 e. The van der Waals surface area contributed by atoms with Gasteiger partial charge in [-0.25, -0.2) is 9.78 Å². The van der Waals surface area contributed by atoms with Gasteiger partial charge in [-0.05, 0) is 44.2 Å². The third-order valence-electron chi connectivity index (χ3n) is 6.42. The topological polar surface area (TPSA) is 82.6 Å². The Labute approximate surface area is 173 Å². The Morgan fingerprint density at radius 2 is 1.97 bits per heavy atom. The lowest BCUT2D eigenvalue weighted by molar-refractivity contribution is -0.141. The SMILES string of the molecule is O=C1NC2(CCCC2)C(=O)N1CC(=O)N1CCCCC1c1nc2ccccc2s1. The molecule has 0 bridgehead atoms. The monoisotopic (exact) mass is 412 g/mol. The van der Waals surface area contributed by atoms with Gasteiger partial charge >= 0.3 is 6.03 Å². The van der Waals surface area contributed by atoms with Crippen LogP contribution in [0, 0.1) is 0 Å². The summed E-state index contributed by atoms with van der Waals surface area (Å²) < 4.78 is 1.11. The minimum Gasteiger partial charge on any atom is -0.332 e. The number of benzene rings is 1. The smallest absolute Gasteiger partial charge is 0.325 e. The lowest BCUT2D eigenvalue weighted by Crippen LogP contribution is -2.47. The van der Waals surface area contributed by atoms with Gasteiger partial charge in [-0.2, -0.15) is 0 Å². The average molecular weight is 413 g/mol. The minimum absolute atomic E-state index is 0.0881.